The molecule has 0 bridgehead atoms. The van der Waals surface area contributed by atoms with Gasteiger partial charge in [-0.3, -0.25) is 0 Å². The molecule has 0 N–H and O–H groups in total. The molecular weight excluding hydrogens is 190 g/mol. The largest absolute Gasteiger partial charge is 0.476 e. The highest BCUT2D eigenvalue weighted by Crippen LogP contribution is 2.12. The average molecular weight is 209 g/mol. The van der Waals surface area contributed by atoms with Crippen LogP contribution in [0.1, 0.15) is 45.1 Å². The van der Waals surface area contributed by atoms with E-state index in [0.29, 0.717) is 5.88 Å². The van der Waals surface area contributed by atoms with Gasteiger partial charge in [-0.15, -0.1) is 5.10 Å². The predicted octanol–water partition coefficient (Wildman–Crippen LogP) is 2.39. The summed E-state index contributed by atoms with van der Waals surface area (Å²) < 4.78 is 5.56. The van der Waals surface area contributed by atoms with Crippen molar-refractivity contribution in [3.05, 3.63) is 11.8 Å². The van der Waals surface area contributed by atoms with E-state index in [0.717, 1.165) is 25.0 Å². The maximum absolute atomic E-state index is 5.56. The Labute approximate surface area is 91.1 Å². The molecular formula is C11H19N3O. The summed E-state index contributed by atoms with van der Waals surface area (Å²) in [5, 5.41) is 11.2. The Balaban J connectivity index is 2.30. The van der Waals surface area contributed by atoms with Gasteiger partial charge in [0, 0.05) is 5.56 Å². The van der Waals surface area contributed by atoms with Crippen LogP contribution < -0.4 is 4.74 Å². The van der Waals surface area contributed by atoms with Crippen molar-refractivity contribution < 1.29 is 4.74 Å². The predicted molar refractivity (Wildman–Crippen MR) is 58.8 cm³/mol. The molecule has 1 aromatic rings. The standard InChI is InChI=1S/C11H19N3O/c1-3-5-6-7-8-15-11-10(4-2)9-12-14-13-11/h9H,3-8H2,1-2H3. The van der Waals surface area contributed by atoms with Gasteiger partial charge in [0.25, 0.3) is 0 Å². The molecule has 0 amide bonds. The number of unbranched alkanes of at least 4 members (excludes halogenated alkanes) is 3. The number of aromatic nitrogens is 3. The molecule has 84 valence electrons. The van der Waals surface area contributed by atoms with Crippen LogP contribution in [0.5, 0.6) is 5.88 Å². The van der Waals surface area contributed by atoms with E-state index >= 15 is 0 Å². The second kappa shape index (κ2) is 7.15. The van der Waals surface area contributed by atoms with Crippen LogP contribution in [-0.2, 0) is 6.42 Å². The summed E-state index contributed by atoms with van der Waals surface area (Å²) in [6, 6.07) is 0. The first-order valence-corrected chi connectivity index (χ1v) is 5.68. The molecule has 0 aromatic carbocycles. The Morgan fingerprint density at radius 1 is 1.20 bits per heavy atom. The molecule has 0 atom stereocenters. The number of hydrogen-bond donors (Lipinski definition) is 0. The van der Waals surface area contributed by atoms with Crippen LogP contribution >= 0.6 is 0 Å². The van der Waals surface area contributed by atoms with Crippen LogP contribution in [0.2, 0.25) is 0 Å². The molecule has 0 saturated heterocycles. The summed E-state index contributed by atoms with van der Waals surface area (Å²) in [5.41, 5.74) is 1.03. The third kappa shape index (κ3) is 4.23. The number of nitrogens with zero attached hydrogens (tertiary/aromatic N) is 3. The van der Waals surface area contributed by atoms with E-state index in [2.05, 4.69) is 29.3 Å². The van der Waals surface area contributed by atoms with Gasteiger partial charge in [0.1, 0.15) is 0 Å². The van der Waals surface area contributed by atoms with Crippen molar-refractivity contribution in [2.75, 3.05) is 6.61 Å². The summed E-state index contributed by atoms with van der Waals surface area (Å²) in [5.74, 6) is 0.643. The molecule has 0 saturated carbocycles. The zero-order chi connectivity index (χ0) is 10.9. The van der Waals surface area contributed by atoms with Gasteiger partial charge >= 0.3 is 0 Å². The Morgan fingerprint density at radius 2 is 2.07 bits per heavy atom. The molecule has 0 spiro atoms. The van der Waals surface area contributed by atoms with Crippen LogP contribution in [0.15, 0.2) is 6.20 Å². The molecule has 0 aliphatic heterocycles. The van der Waals surface area contributed by atoms with Gasteiger partial charge in [-0.2, -0.15) is 0 Å². The third-order valence-electron chi connectivity index (χ3n) is 2.29. The van der Waals surface area contributed by atoms with Crippen molar-refractivity contribution in [1.29, 1.82) is 0 Å². The van der Waals surface area contributed by atoms with Gasteiger partial charge in [-0.1, -0.05) is 38.2 Å². The number of hydrogen-bond acceptors (Lipinski definition) is 4. The van der Waals surface area contributed by atoms with Crippen LogP contribution in [-0.4, -0.2) is 22.0 Å². The minimum Gasteiger partial charge on any atom is -0.476 e. The highest BCUT2D eigenvalue weighted by molar-refractivity contribution is 5.20. The molecule has 0 aliphatic rings. The summed E-state index contributed by atoms with van der Waals surface area (Å²) in [7, 11) is 0. The Bertz CT molecular complexity index is 278. The highest BCUT2D eigenvalue weighted by atomic mass is 16.5. The topological polar surface area (TPSA) is 47.9 Å². The van der Waals surface area contributed by atoms with Crippen molar-refractivity contribution in [3.8, 4) is 5.88 Å². The van der Waals surface area contributed by atoms with E-state index < -0.39 is 0 Å². The molecule has 1 aromatic heterocycles. The van der Waals surface area contributed by atoms with Crippen LogP contribution in [0.3, 0.4) is 0 Å². The van der Waals surface area contributed by atoms with E-state index in [1.165, 1.54) is 19.3 Å². The van der Waals surface area contributed by atoms with Crippen molar-refractivity contribution in [1.82, 2.24) is 15.4 Å². The van der Waals surface area contributed by atoms with Crippen LogP contribution in [0, 0.1) is 0 Å². The third-order valence-corrected chi connectivity index (χ3v) is 2.29. The lowest BCUT2D eigenvalue weighted by Crippen LogP contribution is -2.04. The second-order valence-electron chi connectivity index (χ2n) is 3.53. The lowest BCUT2D eigenvalue weighted by Gasteiger charge is -2.06. The lowest BCUT2D eigenvalue weighted by atomic mass is 10.2. The molecule has 0 radical (unpaired) electrons. The molecule has 15 heavy (non-hydrogen) atoms. The molecule has 4 nitrogen and oxygen atoms in total. The summed E-state index contributed by atoms with van der Waals surface area (Å²) in [6.07, 6.45) is 7.42. The fourth-order valence-corrected chi connectivity index (χ4v) is 1.34. The smallest absolute Gasteiger partial charge is 0.240 e. The SMILES string of the molecule is CCCCCCOc1nnncc1CC. The second-order valence-corrected chi connectivity index (χ2v) is 3.53. The van der Waals surface area contributed by atoms with Crippen molar-refractivity contribution >= 4 is 0 Å². The highest BCUT2D eigenvalue weighted by Gasteiger charge is 2.03. The maximum atomic E-state index is 5.56. The first-order chi connectivity index (χ1) is 7.38. The summed E-state index contributed by atoms with van der Waals surface area (Å²) in [4.78, 5) is 0. The maximum Gasteiger partial charge on any atom is 0.240 e. The van der Waals surface area contributed by atoms with E-state index in [1.54, 1.807) is 6.20 Å². The van der Waals surface area contributed by atoms with Crippen molar-refractivity contribution in [2.45, 2.75) is 46.0 Å². The van der Waals surface area contributed by atoms with Crippen LogP contribution in [0.25, 0.3) is 0 Å². The van der Waals surface area contributed by atoms with Crippen LogP contribution in [0.4, 0.5) is 0 Å². The zero-order valence-corrected chi connectivity index (χ0v) is 9.57. The van der Waals surface area contributed by atoms with Gasteiger partial charge in [-0.05, 0) is 18.1 Å². The minimum atomic E-state index is 0.643. The molecule has 1 heterocycles. The first-order valence-electron chi connectivity index (χ1n) is 5.68. The average Bonchev–Trinajstić information content (AvgIpc) is 2.29. The zero-order valence-electron chi connectivity index (χ0n) is 9.57. The number of aryl methyl sites for hydroxylation is 1. The first kappa shape index (κ1) is 11.9. The van der Waals surface area contributed by atoms with Gasteiger partial charge in [-0.25, -0.2) is 0 Å². The quantitative estimate of drug-likeness (QED) is 0.647. The fraction of sp³-hybridized carbons (Fsp3) is 0.727. The molecule has 0 unspecified atom stereocenters. The molecule has 4 heteroatoms. The van der Waals surface area contributed by atoms with E-state index in [1.807, 2.05) is 0 Å². The molecule has 1 rings (SSSR count). The number of ether oxygens (including phenoxy) is 1. The van der Waals surface area contributed by atoms with Gasteiger partial charge < -0.3 is 4.74 Å². The Kier molecular flexibility index (Phi) is 5.66. The Morgan fingerprint density at radius 3 is 2.80 bits per heavy atom. The van der Waals surface area contributed by atoms with Crippen molar-refractivity contribution in [3.63, 3.8) is 0 Å². The van der Waals surface area contributed by atoms with Crippen molar-refractivity contribution in [2.24, 2.45) is 0 Å². The van der Waals surface area contributed by atoms with E-state index in [4.69, 9.17) is 4.74 Å². The van der Waals surface area contributed by atoms with E-state index in [9.17, 15) is 0 Å². The van der Waals surface area contributed by atoms with Gasteiger partial charge in [0.15, 0.2) is 0 Å². The summed E-state index contributed by atoms with van der Waals surface area (Å²) >= 11 is 0. The van der Waals surface area contributed by atoms with Gasteiger partial charge in [0.2, 0.25) is 5.88 Å². The van der Waals surface area contributed by atoms with E-state index in [-0.39, 0.29) is 0 Å². The molecule has 0 fully saturated rings. The minimum absolute atomic E-state index is 0.643. The monoisotopic (exact) mass is 209 g/mol. The lowest BCUT2D eigenvalue weighted by molar-refractivity contribution is 0.285. The number of rotatable bonds is 7. The fourth-order valence-electron chi connectivity index (χ4n) is 1.34. The summed E-state index contributed by atoms with van der Waals surface area (Å²) in [6.45, 7) is 4.98. The molecule has 0 aliphatic carbocycles. The normalized spacial score (nSPS) is 10.3. The van der Waals surface area contributed by atoms with Gasteiger partial charge in [0.05, 0.1) is 12.8 Å². The Hall–Kier alpha value is -1.19.